The average molecular weight is 377 g/mol. The fourth-order valence-corrected chi connectivity index (χ4v) is 4.03. The highest BCUT2D eigenvalue weighted by molar-refractivity contribution is 6.23. The van der Waals surface area contributed by atoms with Gasteiger partial charge in [0.1, 0.15) is 5.75 Å². The molecular weight excluding hydrogens is 350 g/mol. The zero-order chi connectivity index (χ0) is 19.3. The number of hydrogen-bond acceptors (Lipinski definition) is 4. The molecule has 2 aromatic rings. The molecule has 28 heavy (non-hydrogen) atoms. The highest BCUT2D eigenvalue weighted by Crippen LogP contribution is 2.26. The lowest BCUT2D eigenvalue weighted by atomic mass is 10.0. The Morgan fingerprint density at radius 1 is 1.07 bits per heavy atom. The average Bonchev–Trinajstić information content (AvgIpc) is 3.03. The van der Waals surface area contributed by atoms with E-state index in [1.54, 1.807) is 12.1 Å². The smallest absolute Gasteiger partial charge is 0.277 e. The molecule has 2 N–H and O–H groups in total. The Balaban J connectivity index is 1.29. The van der Waals surface area contributed by atoms with Gasteiger partial charge in [-0.15, -0.1) is 0 Å². The van der Waals surface area contributed by atoms with Crippen molar-refractivity contribution in [1.82, 2.24) is 4.90 Å². The summed E-state index contributed by atoms with van der Waals surface area (Å²) in [7, 11) is 0. The summed E-state index contributed by atoms with van der Waals surface area (Å²) in [4.78, 5) is 18.7. The first-order chi connectivity index (χ1) is 13.7. The van der Waals surface area contributed by atoms with Gasteiger partial charge in [-0.05, 0) is 68.6 Å². The molecule has 1 amide bonds. The fraction of sp³-hybridized carbons (Fsp3) is 0.391. The monoisotopic (exact) mass is 377 g/mol. The normalized spacial score (nSPS) is 16.7. The Morgan fingerprint density at radius 2 is 1.89 bits per heavy atom. The topological polar surface area (TPSA) is 67.9 Å². The van der Waals surface area contributed by atoms with E-state index in [0.29, 0.717) is 24.3 Å². The minimum Gasteiger partial charge on any atom is -0.494 e. The number of anilines is 1. The molecule has 5 heteroatoms. The molecule has 1 fully saturated rings. The Morgan fingerprint density at radius 3 is 2.75 bits per heavy atom. The minimum atomic E-state index is -0.191. The molecule has 0 bridgehead atoms. The van der Waals surface area contributed by atoms with Crippen molar-refractivity contribution in [3.63, 3.8) is 0 Å². The number of benzene rings is 2. The van der Waals surface area contributed by atoms with E-state index in [9.17, 15) is 4.79 Å². The number of fused-ring (bicyclic) bond motifs is 1. The predicted octanol–water partition coefficient (Wildman–Crippen LogP) is 4.06. The van der Waals surface area contributed by atoms with Crippen molar-refractivity contribution in [1.29, 1.82) is 0 Å². The summed E-state index contributed by atoms with van der Waals surface area (Å²) in [6, 6.07) is 13.8. The summed E-state index contributed by atoms with van der Waals surface area (Å²) >= 11 is 0. The number of piperidine rings is 1. The summed E-state index contributed by atoms with van der Waals surface area (Å²) in [6.45, 7) is 3.96. The zero-order valence-electron chi connectivity index (χ0n) is 16.2. The maximum atomic E-state index is 12.0. The quantitative estimate of drug-likeness (QED) is 0.584. The van der Waals surface area contributed by atoms with Gasteiger partial charge in [-0.3, -0.25) is 9.69 Å². The van der Waals surface area contributed by atoms with E-state index in [1.165, 1.54) is 37.9 Å². The molecule has 0 saturated carbocycles. The largest absolute Gasteiger partial charge is 0.494 e. The van der Waals surface area contributed by atoms with E-state index < -0.39 is 0 Å². The second-order valence-electron chi connectivity index (χ2n) is 7.57. The van der Waals surface area contributed by atoms with E-state index in [4.69, 9.17) is 10.5 Å². The summed E-state index contributed by atoms with van der Waals surface area (Å²) in [6.07, 6.45) is 5.43. The van der Waals surface area contributed by atoms with Crippen molar-refractivity contribution in [2.75, 3.05) is 25.4 Å². The van der Waals surface area contributed by atoms with Crippen LogP contribution in [0.2, 0.25) is 0 Å². The van der Waals surface area contributed by atoms with E-state index >= 15 is 0 Å². The number of ether oxygens (including phenoxy) is 1. The van der Waals surface area contributed by atoms with Crippen LogP contribution in [-0.4, -0.2) is 36.2 Å². The number of nitrogens with zero attached hydrogens (tertiary/aromatic N) is 2. The van der Waals surface area contributed by atoms with Gasteiger partial charge >= 0.3 is 0 Å². The van der Waals surface area contributed by atoms with Gasteiger partial charge in [-0.25, -0.2) is 4.99 Å². The van der Waals surface area contributed by atoms with E-state index in [0.717, 1.165) is 30.0 Å². The molecule has 0 radical (unpaired) electrons. The maximum Gasteiger partial charge on any atom is 0.277 e. The van der Waals surface area contributed by atoms with Gasteiger partial charge in [-0.1, -0.05) is 24.6 Å². The van der Waals surface area contributed by atoms with Crippen LogP contribution in [0.4, 0.5) is 5.69 Å². The standard InChI is InChI=1S/C23H27N3O2/c24-20-10-5-9-19-22(20)21(25-23(19)27)11-6-14-28-18-8-4-7-17(15-18)16-26-12-2-1-3-13-26/h4-5,7-10,15H,1-3,6,11-14,16,24H2. The minimum absolute atomic E-state index is 0.191. The van der Waals surface area contributed by atoms with Crippen LogP contribution >= 0.6 is 0 Å². The summed E-state index contributed by atoms with van der Waals surface area (Å²) in [5.74, 6) is 0.711. The van der Waals surface area contributed by atoms with Crippen molar-refractivity contribution in [2.24, 2.45) is 4.99 Å². The first-order valence-corrected chi connectivity index (χ1v) is 10.2. The van der Waals surface area contributed by atoms with Crippen LogP contribution in [0.5, 0.6) is 5.75 Å². The molecule has 2 heterocycles. The molecule has 146 valence electrons. The molecule has 1 saturated heterocycles. The molecular formula is C23H27N3O2. The fourth-order valence-electron chi connectivity index (χ4n) is 4.03. The van der Waals surface area contributed by atoms with E-state index in [1.807, 2.05) is 12.1 Å². The van der Waals surface area contributed by atoms with Crippen molar-refractivity contribution in [2.45, 2.75) is 38.6 Å². The van der Waals surface area contributed by atoms with Crippen LogP contribution in [0.25, 0.3) is 0 Å². The highest BCUT2D eigenvalue weighted by atomic mass is 16.5. The lowest BCUT2D eigenvalue weighted by Gasteiger charge is -2.26. The number of rotatable bonds is 7. The van der Waals surface area contributed by atoms with Crippen LogP contribution in [0.15, 0.2) is 47.5 Å². The third-order valence-electron chi connectivity index (χ3n) is 5.43. The van der Waals surface area contributed by atoms with Crippen molar-refractivity contribution in [3.8, 4) is 5.75 Å². The van der Waals surface area contributed by atoms with Gasteiger partial charge in [0.05, 0.1) is 17.9 Å². The second-order valence-corrected chi connectivity index (χ2v) is 7.57. The number of nitrogen functional groups attached to an aromatic ring is 1. The second kappa shape index (κ2) is 8.57. The van der Waals surface area contributed by atoms with Crippen LogP contribution in [0.3, 0.4) is 0 Å². The van der Waals surface area contributed by atoms with Gasteiger partial charge in [0, 0.05) is 17.8 Å². The molecule has 0 unspecified atom stereocenters. The van der Waals surface area contributed by atoms with Gasteiger partial charge in [0.2, 0.25) is 0 Å². The molecule has 4 rings (SSSR count). The number of carbonyl (C=O) groups is 1. The van der Waals surface area contributed by atoms with Crippen LogP contribution < -0.4 is 10.5 Å². The number of aliphatic imine (C=N–C) groups is 1. The summed E-state index contributed by atoms with van der Waals surface area (Å²) < 4.78 is 5.95. The van der Waals surface area contributed by atoms with Crippen molar-refractivity contribution >= 4 is 17.3 Å². The Bertz CT molecular complexity index is 885. The van der Waals surface area contributed by atoms with Crippen LogP contribution in [0, 0.1) is 0 Å². The summed E-state index contributed by atoms with van der Waals surface area (Å²) in [5, 5.41) is 0. The molecule has 2 aliphatic rings. The molecule has 2 aliphatic heterocycles. The SMILES string of the molecule is Nc1cccc2c1C(CCCOc1cccc(CN3CCCCC3)c1)=NC2=O. The maximum absolute atomic E-state index is 12.0. The van der Waals surface area contributed by atoms with Gasteiger partial charge in [0.25, 0.3) is 5.91 Å². The van der Waals surface area contributed by atoms with E-state index in [2.05, 4.69) is 28.1 Å². The van der Waals surface area contributed by atoms with Gasteiger partial charge in [-0.2, -0.15) is 0 Å². The van der Waals surface area contributed by atoms with Crippen LogP contribution in [-0.2, 0) is 6.54 Å². The molecule has 0 atom stereocenters. The number of carbonyl (C=O) groups excluding carboxylic acids is 1. The van der Waals surface area contributed by atoms with Crippen LogP contribution in [0.1, 0.15) is 53.6 Å². The lowest BCUT2D eigenvalue weighted by molar-refractivity contribution is 0.101. The van der Waals surface area contributed by atoms with Crippen molar-refractivity contribution < 1.29 is 9.53 Å². The Kier molecular flexibility index (Phi) is 5.72. The number of amides is 1. The third kappa shape index (κ3) is 4.25. The zero-order valence-corrected chi connectivity index (χ0v) is 16.2. The number of nitrogens with two attached hydrogens (primary N) is 1. The molecule has 0 aromatic heterocycles. The lowest BCUT2D eigenvalue weighted by Crippen LogP contribution is -2.29. The molecule has 2 aromatic carbocycles. The highest BCUT2D eigenvalue weighted by Gasteiger charge is 2.24. The first kappa shape index (κ1) is 18.7. The van der Waals surface area contributed by atoms with E-state index in [-0.39, 0.29) is 5.91 Å². The molecule has 0 spiro atoms. The van der Waals surface area contributed by atoms with Crippen molar-refractivity contribution in [3.05, 3.63) is 59.2 Å². The van der Waals surface area contributed by atoms with Gasteiger partial charge < -0.3 is 10.5 Å². The van der Waals surface area contributed by atoms with Gasteiger partial charge in [0.15, 0.2) is 0 Å². The number of hydrogen-bond donors (Lipinski definition) is 1. The summed E-state index contributed by atoms with van der Waals surface area (Å²) in [5.41, 5.74) is 10.2. The Labute approximate surface area is 166 Å². The Hall–Kier alpha value is -2.66. The predicted molar refractivity (Wildman–Crippen MR) is 112 cm³/mol. The third-order valence-corrected chi connectivity index (χ3v) is 5.43. The molecule has 5 nitrogen and oxygen atoms in total. The first-order valence-electron chi connectivity index (χ1n) is 10.2. The number of likely N-dealkylation sites (tertiary alicyclic amines) is 1. The molecule has 0 aliphatic carbocycles.